The van der Waals surface area contributed by atoms with Crippen molar-refractivity contribution in [2.75, 3.05) is 24.7 Å². The molecule has 6 nitrogen and oxygen atoms in total. The Bertz CT molecular complexity index is 491. The summed E-state index contributed by atoms with van der Waals surface area (Å²) in [6, 6.07) is 5.22. The monoisotopic (exact) mass is 248 g/mol. The summed E-state index contributed by atoms with van der Waals surface area (Å²) in [7, 11) is 1.28. The number of hydrogen-bond acceptors (Lipinski definition) is 6. The minimum Gasteiger partial charge on any atom is -0.464 e. The highest BCUT2D eigenvalue weighted by molar-refractivity contribution is 5.88. The molecule has 0 atom stereocenters. The predicted octanol–water partition coefficient (Wildman–Crippen LogP) is 1.41. The molecule has 0 bridgehead atoms. The molecule has 0 aliphatic rings. The zero-order chi connectivity index (χ0) is 13.8. The Morgan fingerprint density at radius 2 is 2.28 bits per heavy atom. The van der Waals surface area contributed by atoms with Gasteiger partial charge in [0.25, 0.3) is 0 Å². The Balaban J connectivity index is 2.89. The van der Waals surface area contributed by atoms with Gasteiger partial charge in [-0.1, -0.05) is 0 Å². The largest absolute Gasteiger partial charge is 0.464 e. The molecule has 1 rings (SSSR count). The first-order valence-electron chi connectivity index (χ1n) is 5.39. The summed E-state index contributed by atoms with van der Waals surface area (Å²) in [5, 5.41) is 11.9. The number of nitrogens with zero attached hydrogens (tertiary/aromatic N) is 2. The van der Waals surface area contributed by atoms with Crippen molar-refractivity contribution < 1.29 is 9.53 Å². The van der Waals surface area contributed by atoms with Crippen LogP contribution < -0.4 is 11.1 Å². The van der Waals surface area contributed by atoms with E-state index in [0.29, 0.717) is 18.1 Å². The van der Waals surface area contributed by atoms with E-state index < -0.39 is 11.4 Å². The second-order valence-electron chi connectivity index (χ2n) is 4.48. The van der Waals surface area contributed by atoms with Crippen molar-refractivity contribution in [1.82, 2.24) is 4.98 Å². The Hall–Kier alpha value is -2.29. The van der Waals surface area contributed by atoms with Crippen molar-refractivity contribution in [3.05, 3.63) is 17.8 Å². The third-order valence-corrected chi connectivity index (χ3v) is 2.32. The van der Waals surface area contributed by atoms with Gasteiger partial charge in [-0.05, 0) is 26.0 Å². The minimum absolute atomic E-state index is 0.170. The van der Waals surface area contributed by atoms with Crippen LogP contribution in [0.5, 0.6) is 0 Å². The van der Waals surface area contributed by atoms with E-state index in [1.165, 1.54) is 13.2 Å². The zero-order valence-electron chi connectivity index (χ0n) is 10.7. The van der Waals surface area contributed by atoms with E-state index in [2.05, 4.69) is 21.1 Å². The predicted molar refractivity (Wildman–Crippen MR) is 67.9 cm³/mol. The fourth-order valence-electron chi connectivity index (χ4n) is 1.17. The zero-order valence-corrected chi connectivity index (χ0v) is 10.7. The highest BCUT2D eigenvalue weighted by Gasteiger charge is 2.18. The third kappa shape index (κ3) is 3.35. The van der Waals surface area contributed by atoms with Crippen LogP contribution in [0.1, 0.15) is 24.3 Å². The molecule has 1 heterocycles. The molecule has 0 aliphatic carbocycles. The van der Waals surface area contributed by atoms with Crippen LogP contribution in [0.25, 0.3) is 0 Å². The van der Waals surface area contributed by atoms with E-state index >= 15 is 0 Å². The van der Waals surface area contributed by atoms with Crippen molar-refractivity contribution in [2.24, 2.45) is 5.41 Å². The lowest BCUT2D eigenvalue weighted by Crippen LogP contribution is -2.22. The smallest absolute Gasteiger partial charge is 0.356 e. The van der Waals surface area contributed by atoms with Crippen molar-refractivity contribution in [2.45, 2.75) is 13.8 Å². The summed E-state index contributed by atoms with van der Waals surface area (Å²) in [4.78, 5) is 15.4. The molecule has 0 unspecified atom stereocenters. The number of carbonyl (C=O) groups excluding carboxylic acids is 1. The normalized spacial score (nSPS) is 10.6. The van der Waals surface area contributed by atoms with Gasteiger partial charge in [-0.3, -0.25) is 0 Å². The maximum atomic E-state index is 11.3. The number of carbonyl (C=O) groups is 1. The average molecular weight is 248 g/mol. The lowest BCUT2D eigenvalue weighted by atomic mass is 9.96. The summed E-state index contributed by atoms with van der Waals surface area (Å²) >= 11 is 0. The number of nitrogen functional groups attached to an aromatic ring is 1. The molecular weight excluding hydrogens is 232 g/mol. The minimum atomic E-state index is -0.546. The quantitative estimate of drug-likeness (QED) is 0.781. The van der Waals surface area contributed by atoms with Crippen molar-refractivity contribution in [1.29, 1.82) is 5.26 Å². The number of aromatic nitrogens is 1. The van der Waals surface area contributed by atoms with E-state index in [1.807, 2.05) is 0 Å². The molecule has 6 heteroatoms. The van der Waals surface area contributed by atoms with Crippen molar-refractivity contribution in [3.8, 4) is 6.07 Å². The summed E-state index contributed by atoms with van der Waals surface area (Å²) in [6.07, 6.45) is 0. The molecule has 0 fully saturated rings. The fourth-order valence-corrected chi connectivity index (χ4v) is 1.17. The van der Waals surface area contributed by atoms with Crippen LogP contribution in [0.2, 0.25) is 0 Å². The molecule has 3 N–H and O–H groups in total. The van der Waals surface area contributed by atoms with Crippen LogP contribution in [0.3, 0.4) is 0 Å². The summed E-state index contributed by atoms with van der Waals surface area (Å²) in [6.45, 7) is 3.96. The molecule has 0 spiro atoms. The first-order valence-corrected chi connectivity index (χ1v) is 5.39. The van der Waals surface area contributed by atoms with E-state index in [-0.39, 0.29) is 5.69 Å². The Morgan fingerprint density at radius 1 is 1.61 bits per heavy atom. The van der Waals surface area contributed by atoms with Gasteiger partial charge in [0.1, 0.15) is 5.82 Å². The molecule has 0 aliphatic heterocycles. The topological polar surface area (TPSA) is 101 Å². The molecule has 0 saturated carbocycles. The number of nitrogens with two attached hydrogens (primary N) is 1. The van der Waals surface area contributed by atoms with Crippen molar-refractivity contribution in [3.63, 3.8) is 0 Å². The van der Waals surface area contributed by atoms with Crippen LogP contribution in [0, 0.1) is 16.7 Å². The lowest BCUT2D eigenvalue weighted by molar-refractivity contribution is 0.0594. The summed E-state index contributed by atoms with van der Waals surface area (Å²) in [5.41, 5.74) is 5.78. The number of ether oxygens (including phenoxy) is 1. The van der Waals surface area contributed by atoms with Gasteiger partial charge in [0.2, 0.25) is 0 Å². The van der Waals surface area contributed by atoms with Gasteiger partial charge >= 0.3 is 5.97 Å². The maximum Gasteiger partial charge on any atom is 0.356 e. The number of pyridine rings is 1. The van der Waals surface area contributed by atoms with Crippen LogP contribution in [0.4, 0.5) is 11.5 Å². The van der Waals surface area contributed by atoms with E-state index in [4.69, 9.17) is 11.0 Å². The van der Waals surface area contributed by atoms with Crippen LogP contribution in [-0.4, -0.2) is 24.6 Å². The Kier molecular flexibility index (Phi) is 4.10. The number of anilines is 2. The first kappa shape index (κ1) is 13.8. The highest BCUT2D eigenvalue weighted by atomic mass is 16.5. The number of methoxy groups -OCH3 is 1. The maximum absolute atomic E-state index is 11.3. The molecule has 0 aromatic carbocycles. The van der Waals surface area contributed by atoms with Crippen molar-refractivity contribution >= 4 is 17.5 Å². The van der Waals surface area contributed by atoms with E-state index in [9.17, 15) is 4.79 Å². The van der Waals surface area contributed by atoms with E-state index in [1.54, 1.807) is 19.9 Å². The third-order valence-electron chi connectivity index (χ3n) is 2.32. The number of hydrogen-bond donors (Lipinski definition) is 2. The summed E-state index contributed by atoms with van der Waals surface area (Å²) < 4.78 is 4.58. The van der Waals surface area contributed by atoms with Gasteiger partial charge in [0.05, 0.1) is 24.3 Å². The van der Waals surface area contributed by atoms with Crippen LogP contribution in [-0.2, 0) is 4.74 Å². The van der Waals surface area contributed by atoms with Gasteiger partial charge in [-0.2, -0.15) is 5.26 Å². The average Bonchev–Trinajstić information content (AvgIpc) is 2.37. The summed E-state index contributed by atoms with van der Waals surface area (Å²) in [5.74, 6) is -0.154. The van der Waals surface area contributed by atoms with Gasteiger partial charge in [0, 0.05) is 6.54 Å². The molecule has 18 heavy (non-hydrogen) atoms. The molecule has 1 aromatic rings. The Labute approximate surface area is 106 Å². The number of esters is 1. The first-order chi connectivity index (χ1) is 8.39. The van der Waals surface area contributed by atoms with Gasteiger partial charge < -0.3 is 15.8 Å². The molecule has 0 saturated heterocycles. The molecule has 0 amide bonds. The molecular formula is C12H16N4O2. The number of nitriles is 1. The van der Waals surface area contributed by atoms with Crippen LogP contribution >= 0.6 is 0 Å². The number of rotatable bonds is 4. The lowest BCUT2D eigenvalue weighted by Gasteiger charge is -2.17. The van der Waals surface area contributed by atoms with Gasteiger partial charge in [-0.25, -0.2) is 9.78 Å². The molecule has 96 valence electrons. The molecule has 1 aromatic heterocycles. The highest BCUT2D eigenvalue weighted by Crippen LogP contribution is 2.19. The molecule has 0 radical (unpaired) electrons. The standard InChI is InChI=1S/C12H16N4O2/c1-12(2,6-13)7-15-10-8(14)4-5-9(16-10)11(17)18-3/h4-5H,7,14H2,1-3H3,(H,15,16). The van der Waals surface area contributed by atoms with Crippen LogP contribution in [0.15, 0.2) is 12.1 Å². The number of nitrogens with one attached hydrogen (secondary N) is 1. The van der Waals surface area contributed by atoms with E-state index in [0.717, 1.165) is 0 Å². The second-order valence-corrected chi connectivity index (χ2v) is 4.48. The SMILES string of the molecule is COC(=O)c1ccc(N)c(NCC(C)(C)C#N)n1. The Morgan fingerprint density at radius 3 is 2.83 bits per heavy atom. The van der Waals surface area contributed by atoms with Gasteiger partial charge in [-0.15, -0.1) is 0 Å². The second kappa shape index (κ2) is 5.36. The fraction of sp³-hybridized carbons (Fsp3) is 0.417. The van der Waals surface area contributed by atoms with Gasteiger partial charge in [0.15, 0.2) is 5.69 Å².